The van der Waals surface area contributed by atoms with E-state index in [0.717, 1.165) is 0 Å². The lowest BCUT2D eigenvalue weighted by molar-refractivity contribution is -0.142. The number of carbonyl (C=O) groups excluding carboxylic acids is 1. The van der Waals surface area contributed by atoms with Gasteiger partial charge in [-0.05, 0) is 26.1 Å². The molecule has 2 N–H and O–H groups in total. The molecule has 0 spiro atoms. The minimum absolute atomic E-state index is 0. The molecule has 1 aliphatic rings. The highest BCUT2D eigenvalue weighted by atomic mass is 35.5. The molecular formula is C15H21ClN2O6. The summed E-state index contributed by atoms with van der Waals surface area (Å²) in [6.45, 7) is 2.36. The number of carboxylic acid groups (broad SMARTS) is 1. The third kappa shape index (κ3) is 5.47. The van der Waals surface area contributed by atoms with Gasteiger partial charge in [0.25, 0.3) is 0 Å². The van der Waals surface area contributed by atoms with Crippen molar-refractivity contribution < 1.29 is 28.9 Å². The Morgan fingerprint density at radius 2 is 2.08 bits per heavy atom. The Kier molecular flexibility index (Phi) is 7.60. The van der Waals surface area contributed by atoms with E-state index in [1.165, 1.54) is 11.8 Å². The summed E-state index contributed by atoms with van der Waals surface area (Å²) in [4.78, 5) is 24.0. The lowest BCUT2D eigenvalue weighted by atomic mass is 10.3. The molecule has 1 unspecified atom stereocenters. The molecule has 24 heavy (non-hydrogen) atoms. The lowest BCUT2D eigenvalue weighted by Gasteiger charge is -2.20. The van der Waals surface area contributed by atoms with Crippen LogP contribution >= 0.6 is 12.4 Å². The van der Waals surface area contributed by atoms with E-state index in [-0.39, 0.29) is 31.7 Å². The van der Waals surface area contributed by atoms with Crippen LogP contribution in [0.2, 0.25) is 0 Å². The number of ether oxygens (including phenoxy) is 3. The maximum Gasteiger partial charge on any atom is 0.320 e. The fourth-order valence-corrected chi connectivity index (χ4v) is 1.93. The fourth-order valence-electron chi connectivity index (χ4n) is 1.93. The molecule has 8 nitrogen and oxygen atoms in total. The molecule has 1 aromatic carbocycles. The lowest BCUT2D eigenvalue weighted by Crippen LogP contribution is -2.43. The summed E-state index contributed by atoms with van der Waals surface area (Å²) in [5.41, 5.74) is 0. The zero-order chi connectivity index (χ0) is 16.8. The highest BCUT2D eigenvalue weighted by Gasteiger charge is 2.18. The second kappa shape index (κ2) is 9.19. The topological polar surface area (TPSA) is 97.3 Å². The van der Waals surface area contributed by atoms with Crippen LogP contribution in [0.25, 0.3) is 0 Å². The summed E-state index contributed by atoms with van der Waals surface area (Å²) >= 11 is 0. The number of rotatable bonds is 8. The fraction of sp³-hybridized carbons (Fsp3) is 0.467. The van der Waals surface area contributed by atoms with Crippen LogP contribution in [-0.4, -0.2) is 61.5 Å². The van der Waals surface area contributed by atoms with E-state index in [2.05, 4.69) is 5.32 Å². The van der Waals surface area contributed by atoms with Gasteiger partial charge >= 0.3 is 5.97 Å². The number of nitrogens with zero attached hydrogens (tertiary/aromatic N) is 1. The van der Waals surface area contributed by atoms with E-state index in [1.807, 2.05) is 0 Å². The van der Waals surface area contributed by atoms with E-state index in [9.17, 15) is 9.59 Å². The maximum atomic E-state index is 11.7. The molecule has 1 heterocycles. The average molecular weight is 361 g/mol. The van der Waals surface area contributed by atoms with Crippen LogP contribution in [0.4, 0.5) is 0 Å². The predicted molar refractivity (Wildman–Crippen MR) is 88.0 cm³/mol. The molecule has 0 bridgehead atoms. The predicted octanol–water partition coefficient (Wildman–Crippen LogP) is 0.737. The number of hydrogen-bond donors (Lipinski definition) is 2. The molecule has 1 aliphatic heterocycles. The minimum Gasteiger partial charge on any atom is -0.492 e. The quantitative estimate of drug-likeness (QED) is 0.660. The molecule has 1 aromatic rings. The van der Waals surface area contributed by atoms with Crippen LogP contribution in [0.15, 0.2) is 18.2 Å². The van der Waals surface area contributed by atoms with Crippen molar-refractivity contribution in [3.05, 3.63) is 18.2 Å². The van der Waals surface area contributed by atoms with Crippen molar-refractivity contribution in [3.63, 3.8) is 0 Å². The van der Waals surface area contributed by atoms with Crippen LogP contribution in [0.5, 0.6) is 17.2 Å². The monoisotopic (exact) mass is 360 g/mol. The normalized spacial score (nSPS) is 13.1. The summed E-state index contributed by atoms with van der Waals surface area (Å²) in [6.07, 6.45) is 0. The van der Waals surface area contributed by atoms with Gasteiger partial charge in [-0.1, -0.05) is 0 Å². The van der Waals surface area contributed by atoms with Gasteiger partial charge in [0.1, 0.15) is 18.4 Å². The van der Waals surface area contributed by atoms with E-state index in [1.54, 1.807) is 25.2 Å². The number of likely N-dealkylation sites (N-methyl/N-ethyl adjacent to an activating group) is 1. The Labute approximate surface area is 146 Å². The van der Waals surface area contributed by atoms with Crippen LogP contribution in [0.1, 0.15) is 6.92 Å². The first kappa shape index (κ1) is 19.9. The number of fused-ring (bicyclic) bond motifs is 1. The van der Waals surface area contributed by atoms with Crippen molar-refractivity contribution in [2.75, 3.05) is 33.5 Å². The zero-order valence-corrected chi connectivity index (χ0v) is 14.3. The number of carboxylic acids is 1. The minimum atomic E-state index is -0.966. The number of amides is 1. The van der Waals surface area contributed by atoms with Crippen molar-refractivity contribution in [2.24, 2.45) is 0 Å². The van der Waals surface area contributed by atoms with Gasteiger partial charge in [-0.3, -0.25) is 14.5 Å². The van der Waals surface area contributed by atoms with Crippen LogP contribution < -0.4 is 19.5 Å². The number of halogens is 1. The first-order valence-electron chi connectivity index (χ1n) is 7.19. The Balaban J connectivity index is 0.00000288. The molecule has 0 aromatic heterocycles. The highest BCUT2D eigenvalue weighted by molar-refractivity contribution is 5.85. The first-order valence-corrected chi connectivity index (χ1v) is 7.19. The summed E-state index contributed by atoms with van der Waals surface area (Å²) in [6, 6.07) is 4.54. The molecule has 9 heteroatoms. The molecular weight excluding hydrogens is 340 g/mol. The smallest absolute Gasteiger partial charge is 0.320 e. The Morgan fingerprint density at radius 1 is 1.38 bits per heavy atom. The molecule has 0 saturated carbocycles. The van der Waals surface area contributed by atoms with Crippen molar-refractivity contribution in [3.8, 4) is 17.2 Å². The average Bonchev–Trinajstić information content (AvgIpc) is 2.98. The van der Waals surface area contributed by atoms with Crippen molar-refractivity contribution >= 4 is 24.3 Å². The summed E-state index contributed by atoms with van der Waals surface area (Å²) in [7, 11) is 1.58. The Bertz CT molecular complexity index is 583. The van der Waals surface area contributed by atoms with E-state index >= 15 is 0 Å². The van der Waals surface area contributed by atoms with Crippen molar-refractivity contribution in [1.82, 2.24) is 10.2 Å². The molecule has 134 valence electrons. The molecule has 0 aliphatic carbocycles. The zero-order valence-electron chi connectivity index (χ0n) is 13.5. The first-order chi connectivity index (χ1) is 11.0. The number of aliphatic carboxylic acids is 1. The summed E-state index contributed by atoms with van der Waals surface area (Å²) < 4.78 is 16.0. The number of carbonyl (C=O) groups is 2. The molecule has 0 radical (unpaired) electrons. The number of hydrogen-bond acceptors (Lipinski definition) is 6. The van der Waals surface area contributed by atoms with Crippen LogP contribution in [0, 0.1) is 0 Å². The number of benzene rings is 1. The molecule has 1 amide bonds. The second-order valence-corrected chi connectivity index (χ2v) is 5.14. The summed E-state index contributed by atoms with van der Waals surface area (Å²) in [5.74, 6) is 0.721. The largest absolute Gasteiger partial charge is 0.492 e. The van der Waals surface area contributed by atoms with Gasteiger partial charge in [0.2, 0.25) is 12.7 Å². The van der Waals surface area contributed by atoms with E-state index < -0.39 is 12.0 Å². The van der Waals surface area contributed by atoms with E-state index in [0.29, 0.717) is 30.4 Å². The van der Waals surface area contributed by atoms with Crippen LogP contribution in [0.3, 0.4) is 0 Å². The standard InChI is InChI=1S/C15H20N2O6.ClH/c1-10(15(19)20)17(2)8-14(18)16-5-6-21-11-3-4-12-13(7-11)23-9-22-12;/h3-4,7,10H,5-6,8-9H2,1-2H3,(H,16,18)(H,19,20);1H. The van der Waals surface area contributed by atoms with Gasteiger partial charge in [0.05, 0.1) is 13.1 Å². The van der Waals surface area contributed by atoms with E-state index in [4.69, 9.17) is 19.3 Å². The third-order valence-corrected chi connectivity index (χ3v) is 3.45. The highest BCUT2D eigenvalue weighted by Crippen LogP contribution is 2.34. The molecule has 2 rings (SSSR count). The molecule has 0 fully saturated rings. The van der Waals surface area contributed by atoms with Crippen LogP contribution in [-0.2, 0) is 9.59 Å². The van der Waals surface area contributed by atoms with Gasteiger partial charge in [0.15, 0.2) is 11.5 Å². The van der Waals surface area contributed by atoms with Gasteiger partial charge in [-0.15, -0.1) is 12.4 Å². The maximum absolute atomic E-state index is 11.7. The number of nitrogens with one attached hydrogen (secondary N) is 1. The Hall–Kier alpha value is -2.19. The second-order valence-electron chi connectivity index (χ2n) is 5.14. The third-order valence-electron chi connectivity index (χ3n) is 3.45. The molecule has 1 atom stereocenters. The molecule has 0 saturated heterocycles. The Morgan fingerprint density at radius 3 is 2.79 bits per heavy atom. The van der Waals surface area contributed by atoms with Crippen molar-refractivity contribution in [2.45, 2.75) is 13.0 Å². The van der Waals surface area contributed by atoms with Gasteiger partial charge in [0, 0.05) is 6.07 Å². The summed E-state index contributed by atoms with van der Waals surface area (Å²) in [5, 5.41) is 11.5. The van der Waals surface area contributed by atoms with Crippen molar-refractivity contribution in [1.29, 1.82) is 0 Å². The SMILES string of the molecule is CC(C(=O)O)N(C)CC(=O)NCCOc1ccc2c(c1)OCO2.Cl. The van der Waals surface area contributed by atoms with Gasteiger partial charge in [-0.25, -0.2) is 0 Å². The van der Waals surface area contributed by atoms with Gasteiger partial charge in [-0.2, -0.15) is 0 Å². The van der Waals surface area contributed by atoms with Gasteiger partial charge < -0.3 is 24.6 Å².